The fourth-order valence-corrected chi connectivity index (χ4v) is 16.6. The van der Waals surface area contributed by atoms with Crippen molar-refractivity contribution >= 4 is 167 Å². The Morgan fingerprint density at radius 3 is 1.07 bits per heavy atom. The Morgan fingerprint density at radius 2 is 0.688 bits per heavy atom. The van der Waals surface area contributed by atoms with E-state index in [0.717, 1.165) is 137 Å². The van der Waals surface area contributed by atoms with Gasteiger partial charge in [-0.15, -0.1) is 0 Å². The number of carbonyl (C=O) groups is 10. The van der Waals surface area contributed by atoms with E-state index in [4.69, 9.17) is 38.2 Å². The largest absolute Gasteiger partial charge is 0.388 e. The highest BCUT2D eigenvalue weighted by molar-refractivity contribution is 6.50. The second kappa shape index (κ2) is 47.7. The third kappa shape index (κ3) is 24.1. The summed E-state index contributed by atoms with van der Waals surface area (Å²) in [6.07, 6.45) is 6.31. The molecule has 708 valence electrons. The molecule has 0 unspecified atom stereocenters. The lowest BCUT2D eigenvalue weighted by Gasteiger charge is -2.23. The van der Waals surface area contributed by atoms with Crippen LogP contribution in [0.3, 0.4) is 0 Å². The number of amides is 4. The molecule has 10 aromatic carbocycles. The van der Waals surface area contributed by atoms with Gasteiger partial charge in [-0.05, 0) is 270 Å². The van der Waals surface area contributed by atoms with Gasteiger partial charge >= 0.3 is 0 Å². The lowest BCUT2D eigenvalue weighted by atomic mass is 9.82. The van der Waals surface area contributed by atoms with Gasteiger partial charge in [-0.25, -0.2) is 20.0 Å². The molecule has 0 aliphatic heterocycles. The zero-order chi connectivity index (χ0) is 99.9. The van der Waals surface area contributed by atoms with Crippen molar-refractivity contribution in [3.63, 3.8) is 0 Å². The quantitative estimate of drug-likeness (QED) is 0.0242. The van der Waals surface area contributed by atoms with Crippen LogP contribution in [-0.4, -0.2) is 155 Å². The summed E-state index contributed by atoms with van der Waals surface area (Å²) in [4.78, 5) is 152. The number of rotatable bonds is 24. The maximum Gasteiger partial charge on any atom is 0.255 e. The number of carbonyl (C=O) groups excluding carboxylic acids is 10. The molecular weight excluding hydrogens is 1770 g/mol. The first-order valence-electron chi connectivity index (χ1n) is 46.0. The Balaban J connectivity index is 0.000000166. The zero-order valence-corrected chi connectivity index (χ0v) is 82.7. The summed E-state index contributed by atoms with van der Waals surface area (Å²) < 4.78 is 0. The third-order valence-corrected chi connectivity index (χ3v) is 24.8. The monoisotopic (exact) mass is 1890 g/mol. The number of ketones is 6. The second-order valence-electron chi connectivity index (χ2n) is 32.6. The fraction of sp³-hybridized carbons (Fsp3) is 0.232. The molecular formula is C112H116Cl2N14O10. The Kier molecular flexibility index (Phi) is 35.6. The normalized spacial score (nSPS) is 14.6. The highest BCUT2D eigenvalue weighted by atomic mass is 35.5. The van der Waals surface area contributed by atoms with Gasteiger partial charge in [-0.1, -0.05) is 126 Å². The Morgan fingerprint density at radius 1 is 0.333 bits per heavy atom. The number of fused-ring (bicyclic) bond motifs is 4. The van der Waals surface area contributed by atoms with Crippen LogP contribution >= 0.6 is 23.2 Å². The molecule has 0 fully saturated rings. The van der Waals surface area contributed by atoms with Crippen LogP contribution in [0, 0.1) is 27.7 Å². The molecule has 0 heterocycles. The SMILES string of the molecule is CCN(CC)c1ccc(N=C2C=C(C(=O)NC)C(=O)c3ccccc32)c(C)c1.CCN(CC)c1ccc(N=C2C=C(C(=O)NC)C(=O)c3ccccc32)cc1.CCN(CC)c1ccc(N=C2C=C(NC(=O)c3ccccc3)C(=O)C(Cl)=C2C)c(C)c1.CCN(CC)c1ccc(N=C2C=C(NC(C)=O)C(=O)C(Cl)=C2C)c(C)c1.CNc1ccc(Nc2cccc(C)c2)c2c1C(=O)c1ccccc1C2=O. The summed E-state index contributed by atoms with van der Waals surface area (Å²) in [5, 5.41) is 16.7. The molecule has 24 nitrogen and oxygen atoms in total. The summed E-state index contributed by atoms with van der Waals surface area (Å²) in [5.74, 6) is -3.14. The maximum atomic E-state index is 13.2. The minimum absolute atomic E-state index is 0.0574. The minimum Gasteiger partial charge on any atom is -0.388 e. The molecule has 0 aromatic heterocycles. The number of anilines is 7. The number of Topliss-reactive ketones (excluding diaryl/α,β-unsaturated/α-hetero) is 4. The van der Waals surface area contributed by atoms with Crippen molar-refractivity contribution < 1.29 is 47.9 Å². The van der Waals surface area contributed by atoms with Crippen LogP contribution in [-0.2, 0) is 24.0 Å². The number of likely N-dealkylation sites (N-methyl/N-ethyl adjacent to an activating group) is 2. The van der Waals surface area contributed by atoms with E-state index < -0.39 is 23.4 Å². The van der Waals surface area contributed by atoms with Crippen LogP contribution < -0.4 is 51.5 Å². The number of allylic oxidation sites excluding steroid dienone is 8. The first-order valence-corrected chi connectivity index (χ1v) is 46.8. The number of benzene rings is 10. The Labute approximate surface area is 817 Å². The molecule has 0 radical (unpaired) electrons. The number of halogens is 2. The number of nitrogens with zero attached hydrogens (tertiary/aromatic N) is 8. The zero-order valence-electron chi connectivity index (χ0n) is 81.2. The molecule has 0 bridgehead atoms. The summed E-state index contributed by atoms with van der Waals surface area (Å²) >= 11 is 12.4. The molecule has 4 amide bonds. The molecule has 5 aliphatic carbocycles. The van der Waals surface area contributed by atoms with Crippen molar-refractivity contribution in [2.75, 3.05) is 104 Å². The van der Waals surface area contributed by atoms with Gasteiger partial charge in [-0.3, -0.25) is 47.9 Å². The van der Waals surface area contributed by atoms with E-state index in [1.807, 2.05) is 149 Å². The van der Waals surface area contributed by atoms with Crippen molar-refractivity contribution in [2.45, 2.75) is 104 Å². The van der Waals surface area contributed by atoms with Crippen molar-refractivity contribution in [3.05, 3.63) is 359 Å². The van der Waals surface area contributed by atoms with Crippen LogP contribution in [0.15, 0.2) is 306 Å². The average Bonchev–Trinajstić information content (AvgIpc) is 0.739. The summed E-state index contributed by atoms with van der Waals surface area (Å²) in [6.45, 7) is 37.4. The predicted octanol–water partition coefficient (Wildman–Crippen LogP) is 21.3. The van der Waals surface area contributed by atoms with E-state index in [9.17, 15) is 47.9 Å². The molecule has 6 N–H and O–H groups in total. The van der Waals surface area contributed by atoms with Gasteiger partial charge in [0.25, 0.3) is 17.7 Å². The van der Waals surface area contributed by atoms with Crippen LogP contribution in [0.1, 0.15) is 172 Å². The molecule has 0 atom stereocenters. The van der Waals surface area contributed by atoms with Crippen molar-refractivity contribution in [1.29, 1.82) is 0 Å². The molecule has 26 heteroatoms. The van der Waals surface area contributed by atoms with Crippen LogP contribution in [0.5, 0.6) is 0 Å². The van der Waals surface area contributed by atoms with Gasteiger partial charge in [0.05, 0.1) is 95.0 Å². The van der Waals surface area contributed by atoms with Gasteiger partial charge in [0.1, 0.15) is 0 Å². The van der Waals surface area contributed by atoms with E-state index in [2.05, 4.69) is 136 Å². The van der Waals surface area contributed by atoms with E-state index in [1.54, 1.807) is 118 Å². The average molecular weight is 1890 g/mol. The number of aryl methyl sites for hydroxylation is 4. The second-order valence-corrected chi connectivity index (χ2v) is 33.4. The van der Waals surface area contributed by atoms with Gasteiger partial charge in [0.2, 0.25) is 17.5 Å². The highest BCUT2D eigenvalue weighted by Crippen LogP contribution is 2.40. The van der Waals surface area contributed by atoms with E-state index in [-0.39, 0.29) is 67.6 Å². The Bertz CT molecular complexity index is 6760. The van der Waals surface area contributed by atoms with Gasteiger partial charge < -0.3 is 51.5 Å². The summed E-state index contributed by atoms with van der Waals surface area (Å²) in [5.41, 5.74) is 22.8. The smallest absolute Gasteiger partial charge is 0.255 e. The standard InChI is InChI=1S/C25H26ClN3O2.C23H25N3O2.C22H23N3O2.C22H18N2O2.C20H24ClN3O2/c1-5-29(6-2)19-12-13-20(16(3)14-19)27-21-15-22(24(30)23(26)17(21)4)28-25(31)18-10-8-7-9-11-18;1-5-26(6-2)16-11-12-20(15(3)13-16)25-21-14-19(23(28)24-4)22(27)18-10-8-7-9-17(18)21;1-4-25(5-2)16-12-10-15(11-13-16)24-20-14-19(22(27)23-3)21(26)18-9-7-6-8-17(18)20;1-13-6-5-7-14(12-13)24-18-11-10-17(23-2)19-20(18)22(26)16-9-4-3-8-15(16)21(19)25;1-6-24(7-2)15-8-9-16(12(3)10-15)23-17-11-18(22-14(5)25)20(26)19(21)13(17)4/h7-15H,5-6H2,1-4H3,(H,28,31);7-14H,5-6H2,1-4H3,(H,24,28);6-14H,4-5H2,1-3H3,(H,23,27);3-12,23-24H,1-2H3;8-11H,6-7H2,1-5H3,(H,22,25). The molecule has 0 saturated carbocycles. The minimum atomic E-state index is -0.420. The predicted molar refractivity (Wildman–Crippen MR) is 561 cm³/mol. The first kappa shape index (κ1) is 103. The topological polar surface area (TPSA) is 305 Å². The summed E-state index contributed by atoms with van der Waals surface area (Å²) in [6, 6.07) is 68.1. The fourth-order valence-electron chi connectivity index (χ4n) is 16.2. The molecule has 5 aliphatic rings. The van der Waals surface area contributed by atoms with Crippen LogP contribution in [0.4, 0.5) is 62.6 Å². The number of hydrogen-bond acceptors (Lipinski definition) is 20. The van der Waals surface area contributed by atoms with E-state index >= 15 is 0 Å². The van der Waals surface area contributed by atoms with Crippen molar-refractivity contribution in [3.8, 4) is 0 Å². The van der Waals surface area contributed by atoms with Crippen molar-refractivity contribution in [2.24, 2.45) is 20.0 Å². The number of hydrogen-bond donors (Lipinski definition) is 6. The van der Waals surface area contributed by atoms with Gasteiger partial charge in [0.15, 0.2) is 23.1 Å². The van der Waals surface area contributed by atoms with Crippen molar-refractivity contribution in [1.82, 2.24) is 21.3 Å². The molecule has 138 heavy (non-hydrogen) atoms. The van der Waals surface area contributed by atoms with Crippen LogP contribution in [0.25, 0.3) is 0 Å². The Hall–Kier alpha value is -15.4. The number of nitrogens with one attached hydrogen (secondary N) is 6. The molecule has 15 rings (SSSR count). The highest BCUT2D eigenvalue weighted by Gasteiger charge is 2.36. The summed E-state index contributed by atoms with van der Waals surface area (Å²) in [7, 11) is 4.78. The first-order chi connectivity index (χ1) is 66.3. The van der Waals surface area contributed by atoms with Gasteiger partial charge in [-0.2, -0.15) is 0 Å². The number of aliphatic imine (C=N–C) groups is 4. The third-order valence-electron chi connectivity index (χ3n) is 23.9. The molecule has 10 aromatic rings. The van der Waals surface area contributed by atoms with E-state index in [1.165, 1.54) is 21.0 Å². The van der Waals surface area contributed by atoms with Crippen LogP contribution in [0.2, 0.25) is 0 Å². The molecule has 0 saturated heterocycles. The van der Waals surface area contributed by atoms with E-state index in [0.29, 0.717) is 84.3 Å². The lowest BCUT2D eigenvalue weighted by Crippen LogP contribution is -2.31. The lowest BCUT2D eigenvalue weighted by molar-refractivity contribution is -0.120. The maximum absolute atomic E-state index is 13.2. The van der Waals surface area contributed by atoms with Gasteiger partial charge in [0, 0.05) is 153 Å². The molecule has 0 spiro atoms.